The molecule has 8 nitrogen and oxygen atoms in total. The minimum absolute atomic E-state index is 0.0666. The minimum atomic E-state index is -4.02. The molecule has 2 N–H and O–H groups in total. The lowest BCUT2D eigenvalue weighted by molar-refractivity contribution is 0.299. The van der Waals surface area contributed by atoms with E-state index in [1.807, 2.05) is 6.92 Å². The van der Waals surface area contributed by atoms with E-state index in [9.17, 15) is 8.42 Å². The first-order valence-corrected chi connectivity index (χ1v) is 19.6. The van der Waals surface area contributed by atoms with Crippen molar-refractivity contribution in [2.24, 2.45) is 0 Å². The molecule has 9 heteroatoms. The number of oxazole rings is 1. The van der Waals surface area contributed by atoms with Crippen molar-refractivity contribution in [2.75, 3.05) is 26.3 Å². The van der Waals surface area contributed by atoms with E-state index in [-0.39, 0.29) is 10.8 Å². The number of nitrogens with zero attached hydrogens (tertiary/aromatic N) is 1. The Morgan fingerprint density at radius 1 is 0.880 bits per heavy atom. The summed E-state index contributed by atoms with van der Waals surface area (Å²) in [4.78, 5) is 4.91. The molecule has 0 aliphatic rings. The molecule has 0 radical (unpaired) electrons. The van der Waals surface area contributed by atoms with E-state index >= 15 is 0 Å². The van der Waals surface area contributed by atoms with Crippen LogP contribution in [0, 0.1) is 13.8 Å². The molecule has 0 spiro atoms. The lowest BCUT2D eigenvalue weighted by atomic mass is 9.93. The number of nitrogens with one attached hydrogen (secondary N) is 1. The number of aromatic nitrogens is 1. The van der Waals surface area contributed by atoms with E-state index in [1.165, 1.54) is 36.1 Å². The van der Waals surface area contributed by atoms with Gasteiger partial charge in [-0.15, -0.1) is 0 Å². The van der Waals surface area contributed by atoms with Gasteiger partial charge in [0.25, 0.3) is 10.1 Å². The molecule has 274 valence electrons. The Hall–Kier alpha value is -3.66. The number of hydrogen-bond acceptors (Lipinski definition) is 7. The van der Waals surface area contributed by atoms with Gasteiger partial charge in [-0.1, -0.05) is 84.2 Å². The van der Waals surface area contributed by atoms with E-state index in [0.29, 0.717) is 24.8 Å². The molecule has 1 atom stereocenters. The highest BCUT2D eigenvalue weighted by atomic mass is 32.2. The molecule has 0 saturated heterocycles. The van der Waals surface area contributed by atoms with Crippen molar-refractivity contribution in [2.45, 2.75) is 111 Å². The third-order valence-corrected chi connectivity index (χ3v) is 9.50. The van der Waals surface area contributed by atoms with E-state index < -0.39 is 10.1 Å². The molecule has 0 fully saturated rings. The second-order valence-electron chi connectivity index (χ2n) is 13.2. The molecule has 0 aliphatic carbocycles. The van der Waals surface area contributed by atoms with E-state index in [2.05, 4.69) is 90.2 Å². The van der Waals surface area contributed by atoms with Gasteiger partial charge in [-0.25, -0.2) is 4.98 Å². The highest BCUT2D eigenvalue weighted by Crippen LogP contribution is 2.37. The zero-order valence-corrected chi connectivity index (χ0v) is 32.2. The summed E-state index contributed by atoms with van der Waals surface area (Å²) in [6.07, 6.45) is 6.25. The second-order valence-corrected chi connectivity index (χ2v) is 14.6. The number of unbranched alkanes of at least 4 members (excludes halogenated alkanes) is 2. The van der Waals surface area contributed by atoms with Crippen molar-refractivity contribution in [3.8, 4) is 23.0 Å². The molecule has 3 aromatic carbocycles. The fourth-order valence-corrected chi connectivity index (χ4v) is 5.97. The number of likely N-dealkylation sites (N-methyl/N-ethyl adjacent to an activating group) is 1. The number of rotatable bonds is 18. The predicted octanol–water partition coefficient (Wildman–Crippen LogP) is 9.87. The van der Waals surface area contributed by atoms with Crippen LogP contribution in [0.15, 0.2) is 70.0 Å². The SMILES string of the molecule is CCCCCOc1c(C)cc(-c2nc(CCOc3ccc(CCNCC)cc3)c(C(C)C)o2)cc1C(C)CC.Cc1ccc(S(=O)(=O)O)cc1. The molecular weight excluding hydrogens is 649 g/mol. The third kappa shape index (κ3) is 12.6. The Kier molecular flexibility index (Phi) is 16.5. The molecule has 50 heavy (non-hydrogen) atoms. The first-order chi connectivity index (χ1) is 23.9. The first-order valence-electron chi connectivity index (χ1n) is 18.1. The summed E-state index contributed by atoms with van der Waals surface area (Å²) in [5.41, 5.74) is 6.65. The van der Waals surface area contributed by atoms with Crippen molar-refractivity contribution in [1.29, 1.82) is 0 Å². The van der Waals surface area contributed by atoms with Crippen molar-refractivity contribution < 1.29 is 26.9 Å². The van der Waals surface area contributed by atoms with Crippen molar-refractivity contribution in [1.82, 2.24) is 10.3 Å². The highest BCUT2D eigenvalue weighted by Gasteiger charge is 2.21. The largest absolute Gasteiger partial charge is 0.493 e. The summed E-state index contributed by atoms with van der Waals surface area (Å²) < 4.78 is 48.3. The van der Waals surface area contributed by atoms with Crippen LogP contribution in [0.4, 0.5) is 0 Å². The van der Waals surface area contributed by atoms with E-state index in [0.717, 1.165) is 78.6 Å². The Labute approximate surface area is 300 Å². The van der Waals surface area contributed by atoms with Gasteiger partial charge in [-0.3, -0.25) is 4.55 Å². The van der Waals surface area contributed by atoms with Gasteiger partial charge in [0.15, 0.2) is 0 Å². The van der Waals surface area contributed by atoms with Gasteiger partial charge in [-0.05, 0) is 105 Å². The topological polar surface area (TPSA) is 111 Å². The fraction of sp³-hybridized carbons (Fsp3) is 0.488. The monoisotopic (exact) mass is 706 g/mol. The summed E-state index contributed by atoms with van der Waals surface area (Å²) in [5, 5.41) is 3.37. The summed E-state index contributed by atoms with van der Waals surface area (Å²) in [6.45, 7) is 20.5. The molecule has 4 aromatic rings. The second kappa shape index (κ2) is 20.3. The summed E-state index contributed by atoms with van der Waals surface area (Å²) >= 11 is 0. The Balaban J connectivity index is 0.000000521. The number of aryl methyl sites for hydroxylation is 2. The van der Waals surface area contributed by atoms with Crippen LogP contribution in [-0.2, 0) is 23.0 Å². The van der Waals surface area contributed by atoms with Gasteiger partial charge in [0.2, 0.25) is 5.89 Å². The molecule has 0 saturated carbocycles. The van der Waals surface area contributed by atoms with Gasteiger partial charge < -0.3 is 19.2 Å². The van der Waals surface area contributed by atoms with Crippen LogP contribution in [0.5, 0.6) is 11.5 Å². The number of hydrogen-bond donors (Lipinski definition) is 2. The molecule has 0 aliphatic heterocycles. The van der Waals surface area contributed by atoms with Crippen LogP contribution in [0.25, 0.3) is 11.5 Å². The lowest BCUT2D eigenvalue weighted by Gasteiger charge is -2.19. The van der Waals surface area contributed by atoms with Crippen LogP contribution >= 0.6 is 0 Å². The molecular formula is C41H58N2O6S. The predicted molar refractivity (Wildman–Crippen MR) is 203 cm³/mol. The van der Waals surface area contributed by atoms with Crippen molar-refractivity contribution in [3.63, 3.8) is 0 Å². The minimum Gasteiger partial charge on any atom is -0.493 e. The van der Waals surface area contributed by atoms with Crippen molar-refractivity contribution in [3.05, 3.63) is 94.4 Å². The van der Waals surface area contributed by atoms with Crippen LogP contribution in [-0.4, -0.2) is 44.3 Å². The summed E-state index contributed by atoms with van der Waals surface area (Å²) in [6, 6.07) is 18.8. The smallest absolute Gasteiger partial charge is 0.294 e. The van der Waals surface area contributed by atoms with E-state index in [4.69, 9.17) is 23.4 Å². The van der Waals surface area contributed by atoms with Crippen LogP contribution in [0.3, 0.4) is 0 Å². The lowest BCUT2D eigenvalue weighted by Crippen LogP contribution is -2.15. The van der Waals surface area contributed by atoms with Crippen LogP contribution in [0.2, 0.25) is 0 Å². The zero-order chi connectivity index (χ0) is 36.7. The maximum atomic E-state index is 10.5. The average Bonchev–Trinajstić information content (AvgIpc) is 3.52. The van der Waals surface area contributed by atoms with E-state index in [1.54, 1.807) is 12.1 Å². The highest BCUT2D eigenvalue weighted by molar-refractivity contribution is 7.85. The molecule has 4 rings (SSSR count). The van der Waals surface area contributed by atoms with Crippen molar-refractivity contribution >= 4 is 10.1 Å². The number of ether oxygens (including phenoxy) is 2. The molecule has 1 heterocycles. The third-order valence-electron chi connectivity index (χ3n) is 8.63. The van der Waals surface area contributed by atoms with Gasteiger partial charge in [-0.2, -0.15) is 8.42 Å². The normalized spacial score (nSPS) is 12.0. The van der Waals surface area contributed by atoms with Gasteiger partial charge in [0.1, 0.15) is 17.3 Å². The summed E-state index contributed by atoms with van der Waals surface area (Å²) in [5.74, 6) is 4.18. The Morgan fingerprint density at radius 2 is 1.58 bits per heavy atom. The first kappa shape index (κ1) is 40.8. The molecule has 1 aromatic heterocycles. The molecule has 1 unspecified atom stereocenters. The maximum Gasteiger partial charge on any atom is 0.294 e. The standard InChI is InChI=1S/C34H50N2O3.C7H8O3S/c1-8-11-12-20-38-33-26(7)22-28(23-30(33)25(6)9-2)34-36-31(32(39-34)24(4)5)18-21-37-29-15-13-27(14-16-29)17-19-35-10-3;1-6-2-4-7(5-3-6)11(8,9)10/h13-16,22-25,35H,8-12,17-21H2,1-7H3;2-5H,1H3,(H,8,9,10). The Morgan fingerprint density at radius 3 is 2.18 bits per heavy atom. The number of benzene rings is 3. The van der Waals surface area contributed by atoms with Crippen LogP contribution < -0.4 is 14.8 Å². The van der Waals surface area contributed by atoms with Crippen LogP contribution in [0.1, 0.15) is 113 Å². The maximum absolute atomic E-state index is 10.5. The van der Waals surface area contributed by atoms with Gasteiger partial charge in [0.05, 0.1) is 23.8 Å². The van der Waals surface area contributed by atoms with Gasteiger partial charge >= 0.3 is 0 Å². The molecule has 0 amide bonds. The zero-order valence-electron chi connectivity index (χ0n) is 31.3. The quantitative estimate of drug-likeness (QED) is 0.0777. The van der Waals surface area contributed by atoms with Gasteiger partial charge in [0, 0.05) is 17.9 Å². The Bertz CT molecular complexity index is 1700. The fourth-order valence-electron chi connectivity index (χ4n) is 5.49. The summed E-state index contributed by atoms with van der Waals surface area (Å²) in [7, 11) is -4.02. The molecule has 0 bridgehead atoms. The average molecular weight is 707 g/mol.